The summed E-state index contributed by atoms with van der Waals surface area (Å²) in [5.41, 5.74) is 1.02. The quantitative estimate of drug-likeness (QED) is 0.482. The maximum atomic E-state index is 11.8. The van der Waals surface area contributed by atoms with E-state index < -0.39 is 0 Å². The molecule has 1 heterocycles. The first-order valence-corrected chi connectivity index (χ1v) is 6.45. The molecule has 2 N–H and O–H groups in total. The summed E-state index contributed by atoms with van der Waals surface area (Å²) in [6.07, 6.45) is 1.63. The second-order valence-electron chi connectivity index (χ2n) is 3.73. The second-order valence-corrected chi connectivity index (χ2v) is 4.58. The molecule has 0 aliphatic heterocycles. The standard InChI is InChI=1S/C11H17N3O2S/c1-4-8(5-2)10(15)13-11-12-9(6-17-11)7(3)14-16/h6,8,16H,4-5H2,1-3H3,(H,12,13,15)/b14-7+. The molecule has 0 saturated carbocycles. The Balaban J connectivity index is 2.69. The van der Waals surface area contributed by atoms with Gasteiger partial charge in [-0.3, -0.25) is 4.79 Å². The van der Waals surface area contributed by atoms with E-state index in [1.54, 1.807) is 12.3 Å². The molecule has 0 unspecified atom stereocenters. The predicted octanol–water partition coefficient (Wildman–Crippen LogP) is 2.72. The zero-order valence-corrected chi connectivity index (χ0v) is 11.0. The summed E-state index contributed by atoms with van der Waals surface area (Å²) in [4.78, 5) is 16.0. The first kappa shape index (κ1) is 13.6. The van der Waals surface area contributed by atoms with Crippen molar-refractivity contribution in [2.75, 3.05) is 5.32 Å². The molecule has 17 heavy (non-hydrogen) atoms. The van der Waals surface area contributed by atoms with E-state index in [0.717, 1.165) is 12.8 Å². The maximum absolute atomic E-state index is 11.8. The molecule has 0 aliphatic rings. The van der Waals surface area contributed by atoms with Crippen LogP contribution in [0.3, 0.4) is 0 Å². The molecule has 94 valence electrons. The minimum atomic E-state index is -0.00510. The highest BCUT2D eigenvalue weighted by molar-refractivity contribution is 7.14. The van der Waals surface area contributed by atoms with Crippen LogP contribution in [0.15, 0.2) is 10.5 Å². The van der Waals surface area contributed by atoms with Gasteiger partial charge in [0.1, 0.15) is 11.4 Å². The SMILES string of the molecule is CCC(CC)C(=O)Nc1nc(/C(C)=N/O)cs1. The highest BCUT2D eigenvalue weighted by atomic mass is 32.1. The third kappa shape index (κ3) is 3.52. The maximum Gasteiger partial charge on any atom is 0.229 e. The third-order valence-electron chi connectivity index (χ3n) is 2.61. The molecule has 0 spiro atoms. The molecule has 0 aromatic carbocycles. The van der Waals surface area contributed by atoms with Crippen LogP contribution in [0.1, 0.15) is 39.3 Å². The molecule has 5 nitrogen and oxygen atoms in total. The minimum absolute atomic E-state index is 0.00510. The number of anilines is 1. The lowest BCUT2D eigenvalue weighted by Crippen LogP contribution is -2.21. The lowest BCUT2D eigenvalue weighted by atomic mass is 10.0. The van der Waals surface area contributed by atoms with Gasteiger partial charge in [-0.15, -0.1) is 11.3 Å². The highest BCUT2D eigenvalue weighted by Gasteiger charge is 2.15. The Bertz CT molecular complexity index is 411. The van der Waals surface area contributed by atoms with Gasteiger partial charge >= 0.3 is 0 Å². The van der Waals surface area contributed by atoms with Gasteiger partial charge in [-0.1, -0.05) is 19.0 Å². The number of nitrogens with zero attached hydrogens (tertiary/aromatic N) is 2. The summed E-state index contributed by atoms with van der Waals surface area (Å²) in [5.74, 6) is 0.0180. The summed E-state index contributed by atoms with van der Waals surface area (Å²) in [5, 5.41) is 16.7. The fraction of sp³-hybridized carbons (Fsp3) is 0.545. The van der Waals surface area contributed by atoms with Crippen molar-refractivity contribution in [1.82, 2.24) is 4.98 Å². The molecule has 6 heteroatoms. The van der Waals surface area contributed by atoms with E-state index in [1.807, 2.05) is 13.8 Å². The fourth-order valence-electron chi connectivity index (χ4n) is 1.42. The van der Waals surface area contributed by atoms with E-state index in [-0.39, 0.29) is 11.8 Å². The van der Waals surface area contributed by atoms with E-state index in [2.05, 4.69) is 15.5 Å². The summed E-state index contributed by atoms with van der Waals surface area (Å²) in [6.45, 7) is 5.63. The topological polar surface area (TPSA) is 74.6 Å². The lowest BCUT2D eigenvalue weighted by Gasteiger charge is -2.10. The van der Waals surface area contributed by atoms with Gasteiger partial charge in [-0.25, -0.2) is 4.98 Å². The molecular weight excluding hydrogens is 238 g/mol. The Hall–Kier alpha value is -1.43. The first-order chi connectivity index (χ1) is 8.12. The number of nitrogens with one attached hydrogen (secondary N) is 1. The Morgan fingerprint density at radius 1 is 1.59 bits per heavy atom. The van der Waals surface area contributed by atoms with Crippen molar-refractivity contribution < 1.29 is 10.0 Å². The summed E-state index contributed by atoms with van der Waals surface area (Å²) < 4.78 is 0. The summed E-state index contributed by atoms with van der Waals surface area (Å²) in [6, 6.07) is 0. The van der Waals surface area contributed by atoms with Crippen LogP contribution in [-0.2, 0) is 4.79 Å². The molecule has 0 bridgehead atoms. The molecule has 0 radical (unpaired) electrons. The van der Waals surface area contributed by atoms with Gasteiger partial charge in [-0.05, 0) is 19.8 Å². The Labute approximate surface area is 105 Å². The van der Waals surface area contributed by atoms with Gasteiger partial charge < -0.3 is 10.5 Å². The fourth-order valence-corrected chi connectivity index (χ4v) is 2.17. The summed E-state index contributed by atoms with van der Waals surface area (Å²) >= 11 is 1.32. The van der Waals surface area contributed by atoms with Gasteiger partial charge in [0.25, 0.3) is 0 Å². The molecule has 1 amide bonds. The minimum Gasteiger partial charge on any atom is -0.411 e. The molecule has 0 fully saturated rings. The van der Waals surface area contributed by atoms with Crippen molar-refractivity contribution in [2.45, 2.75) is 33.6 Å². The highest BCUT2D eigenvalue weighted by Crippen LogP contribution is 2.18. The Morgan fingerprint density at radius 2 is 2.24 bits per heavy atom. The third-order valence-corrected chi connectivity index (χ3v) is 3.37. The number of rotatable bonds is 5. The Morgan fingerprint density at radius 3 is 2.76 bits per heavy atom. The smallest absolute Gasteiger partial charge is 0.229 e. The number of oxime groups is 1. The number of hydrogen-bond acceptors (Lipinski definition) is 5. The van der Waals surface area contributed by atoms with Crippen LogP contribution in [0.4, 0.5) is 5.13 Å². The van der Waals surface area contributed by atoms with Crippen molar-refractivity contribution in [3.8, 4) is 0 Å². The number of carbonyl (C=O) groups excluding carboxylic acids is 1. The number of amides is 1. The van der Waals surface area contributed by atoms with E-state index in [4.69, 9.17) is 5.21 Å². The van der Waals surface area contributed by atoms with Crippen molar-refractivity contribution in [3.63, 3.8) is 0 Å². The van der Waals surface area contributed by atoms with Gasteiger partial charge in [0.05, 0.1) is 0 Å². The number of aromatic nitrogens is 1. The molecule has 0 aliphatic carbocycles. The predicted molar refractivity (Wildman–Crippen MR) is 68.8 cm³/mol. The van der Waals surface area contributed by atoms with Gasteiger partial charge in [0, 0.05) is 11.3 Å². The molecular formula is C11H17N3O2S. The second kappa shape index (κ2) is 6.34. The normalized spacial score (nSPS) is 11.9. The van der Waals surface area contributed by atoms with Crippen LogP contribution in [-0.4, -0.2) is 21.8 Å². The van der Waals surface area contributed by atoms with E-state index in [1.165, 1.54) is 11.3 Å². The average molecular weight is 255 g/mol. The zero-order valence-electron chi connectivity index (χ0n) is 10.2. The van der Waals surface area contributed by atoms with Crippen LogP contribution >= 0.6 is 11.3 Å². The molecule has 1 aromatic rings. The van der Waals surface area contributed by atoms with Crippen molar-refractivity contribution in [2.24, 2.45) is 11.1 Å². The van der Waals surface area contributed by atoms with E-state index >= 15 is 0 Å². The monoisotopic (exact) mass is 255 g/mol. The zero-order chi connectivity index (χ0) is 12.8. The van der Waals surface area contributed by atoms with E-state index in [0.29, 0.717) is 16.5 Å². The largest absolute Gasteiger partial charge is 0.411 e. The van der Waals surface area contributed by atoms with Gasteiger partial charge in [0.15, 0.2) is 5.13 Å². The van der Waals surface area contributed by atoms with Crippen LogP contribution in [0.2, 0.25) is 0 Å². The number of thiazole rings is 1. The van der Waals surface area contributed by atoms with Crippen LogP contribution < -0.4 is 5.32 Å². The molecule has 0 atom stereocenters. The lowest BCUT2D eigenvalue weighted by molar-refractivity contribution is -0.120. The van der Waals surface area contributed by atoms with Crippen molar-refractivity contribution >= 4 is 28.1 Å². The first-order valence-electron chi connectivity index (χ1n) is 5.57. The summed E-state index contributed by atoms with van der Waals surface area (Å²) in [7, 11) is 0. The van der Waals surface area contributed by atoms with Crippen molar-refractivity contribution in [3.05, 3.63) is 11.1 Å². The van der Waals surface area contributed by atoms with E-state index in [9.17, 15) is 4.79 Å². The van der Waals surface area contributed by atoms with Crippen LogP contribution in [0.5, 0.6) is 0 Å². The molecule has 1 aromatic heterocycles. The van der Waals surface area contributed by atoms with Crippen LogP contribution in [0, 0.1) is 5.92 Å². The van der Waals surface area contributed by atoms with Gasteiger partial charge in [0.2, 0.25) is 5.91 Å². The molecule has 1 rings (SSSR count). The van der Waals surface area contributed by atoms with Crippen LogP contribution in [0.25, 0.3) is 0 Å². The Kier molecular flexibility index (Phi) is 5.09. The number of carbonyl (C=O) groups is 1. The van der Waals surface area contributed by atoms with Gasteiger partial charge in [-0.2, -0.15) is 0 Å². The van der Waals surface area contributed by atoms with Crippen molar-refractivity contribution in [1.29, 1.82) is 0 Å². The number of hydrogen-bond donors (Lipinski definition) is 2. The average Bonchev–Trinajstić information content (AvgIpc) is 2.78. The molecule has 0 saturated heterocycles.